The SMILES string of the molecule is [2H]C1([2H])c2c(n(CC(=O)N(CCN(CC)CC)Cc3ccc(-c4ccc(C(F)(F)F)cc4)cc3)c(SCc3ccc(F)cc3)nc2=O)C([2H])([2H])C1([2H])C.[2H]c1c([2H])c(-c2c([2H])c([2H])c(C(F)(F)F)c([2H])c2C)c([2H])c([2H])c1CN(CCN(CC)CC)C(=O)Cn1c(SCc2ccc(F)cc2)nc(=O)c2c1CCC2. The molecule has 1 atom stereocenters. The first-order valence-electron chi connectivity index (χ1n) is 37.3. The second-order valence-electron chi connectivity index (χ2n) is 22.8. The molecular weight excluding hydrogens is 1280 g/mol. The summed E-state index contributed by atoms with van der Waals surface area (Å²) in [7, 11) is 0. The van der Waals surface area contributed by atoms with E-state index in [1.807, 2.05) is 27.7 Å². The van der Waals surface area contributed by atoms with E-state index in [1.54, 1.807) is 58.0 Å². The molecule has 0 spiro atoms. The molecule has 22 heteroatoms. The number of likely N-dealkylation sites (N-methyl/N-ethyl adjacent to an activating group) is 2. The van der Waals surface area contributed by atoms with Crippen molar-refractivity contribution in [3.63, 3.8) is 0 Å². The largest absolute Gasteiger partial charge is 0.416 e. The van der Waals surface area contributed by atoms with Crippen LogP contribution in [0.3, 0.4) is 0 Å². The van der Waals surface area contributed by atoms with Crippen LogP contribution in [0.25, 0.3) is 22.3 Å². The second-order valence-corrected chi connectivity index (χ2v) is 24.7. The van der Waals surface area contributed by atoms with Gasteiger partial charge in [0.25, 0.3) is 11.1 Å². The minimum Gasteiger partial charge on any atom is -0.336 e. The average molecular weight is 1370 g/mol. The first kappa shape index (κ1) is 57.2. The number of carbonyl (C=O) groups excluding carboxylic acids is 2. The van der Waals surface area contributed by atoms with Gasteiger partial charge in [-0.05, 0) is 170 Å². The Labute approximate surface area is 580 Å². The molecule has 2 heterocycles. The summed E-state index contributed by atoms with van der Waals surface area (Å²) in [6.45, 7) is 13.1. The summed E-state index contributed by atoms with van der Waals surface area (Å²) in [6.07, 6.45) is -13.3. The number of hydrogen-bond acceptors (Lipinski definition) is 10. The lowest BCUT2D eigenvalue weighted by atomic mass is 9.97. The molecule has 2 aliphatic carbocycles. The first-order valence-corrected chi connectivity index (χ1v) is 33.3. The molecule has 508 valence electrons. The third-order valence-electron chi connectivity index (χ3n) is 16.4. The highest BCUT2D eigenvalue weighted by molar-refractivity contribution is 7.98. The Morgan fingerprint density at radius 3 is 1.51 bits per heavy atom. The normalized spacial score (nSPS) is 17.2. The zero-order valence-corrected chi connectivity index (χ0v) is 55.4. The molecule has 0 N–H and O–H groups in total. The number of nitrogens with zero attached hydrogens (tertiary/aromatic N) is 8. The number of fused-ring (bicyclic) bond motifs is 2. The molecule has 0 aliphatic heterocycles. The minimum atomic E-state index is -5.11. The van der Waals surface area contributed by atoms with Crippen molar-refractivity contribution in [2.45, 2.75) is 134 Å². The van der Waals surface area contributed by atoms with Gasteiger partial charge in [0.15, 0.2) is 10.3 Å². The molecule has 0 saturated carbocycles. The number of amides is 2. The van der Waals surface area contributed by atoms with Gasteiger partial charge in [-0.3, -0.25) is 19.2 Å². The standard InChI is InChI=1S/2C37H40F4N4O2S/c1-4-43(5-2)18-19-44(22-26-6-10-28(11-7-26)29-12-14-30(15-13-29)37(39,40)41)34(46)23-45-33-21-25(3)20-32(33)35(47)42-36(45)48-24-27-8-16-31(38)17-9-27;1-4-43(5-2)19-20-44(22-26-9-13-28(14-10-26)31-18-15-29(21-25(31)3)37(39,40)41)34(46)23-45-33-8-6-7-32(33)35(47)42-36(45)48-24-27-11-16-30(38)17-12-27/h6-17,25H,4-5,18-24H2,1-3H3;9-18,21H,4-8,19-20,22-24H2,1-3H3/i20D2,21D2,25D;9D,10D,13D,14D,15D,18D,21D. The van der Waals surface area contributed by atoms with E-state index in [-0.39, 0.29) is 54.8 Å². The van der Waals surface area contributed by atoms with E-state index >= 15 is 0 Å². The van der Waals surface area contributed by atoms with Gasteiger partial charge in [-0.15, -0.1) is 0 Å². The van der Waals surface area contributed by atoms with E-state index in [0.29, 0.717) is 89.9 Å². The molecule has 0 radical (unpaired) electrons. The Morgan fingerprint density at radius 1 is 0.562 bits per heavy atom. The molecule has 2 amide bonds. The van der Waals surface area contributed by atoms with Crippen LogP contribution in [-0.2, 0) is 85.2 Å². The Balaban J connectivity index is 0.000000249. The highest BCUT2D eigenvalue weighted by atomic mass is 32.2. The van der Waals surface area contributed by atoms with Crippen LogP contribution in [0.15, 0.2) is 159 Å². The van der Waals surface area contributed by atoms with E-state index in [9.17, 15) is 54.3 Å². The molecule has 1 unspecified atom stereocenters. The monoisotopic (exact) mass is 1370 g/mol. The van der Waals surface area contributed by atoms with Crippen molar-refractivity contribution in [1.82, 2.24) is 38.7 Å². The van der Waals surface area contributed by atoms with Crippen LogP contribution >= 0.6 is 23.5 Å². The van der Waals surface area contributed by atoms with Gasteiger partial charge in [-0.25, -0.2) is 8.78 Å². The molecule has 2 aromatic heterocycles. The van der Waals surface area contributed by atoms with Gasteiger partial charge in [-0.1, -0.05) is 149 Å². The molecule has 0 saturated heterocycles. The van der Waals surface area contributed by atoms with Gasteiger partial charge in [0.1, 0.15) is 24.7 Å². The van der Waals surface area contributed by atoms with Crippen LogP contribution in [0, 0.1) is 24.5 Å². The average Bonchev–Trinajstić information content (AvgIpc) is 1.52. The van der Waals surface area contributed by atoms with Crippen molar-refractivity contribution in [3.8, 4) is 22.3 Å². The van der Waals surface area contributed by atoms with Crippen LogP contribution in [-0.4, -0.2) is 103 Å². The predicted molar refractivity (Wildman–Crippen MR) is 362 cm³/mol. The van der Waals surface area contributed by atoms with Gasteiger partial charge in [0.05, 0.1) is 20.7 Å². The van der Waals surface area contributed by atoms with E-state index in [4.69, 9.17) is 16.4 Å². The van der Waals surface area contributed by atoms with Crippen LogP contribution in [0.4, 0.5) is 35.1 Å². The fourth-order valence-electron chi connectivity index (χ4n) is 10.9. The number of aromatic nitrogens is 4. The summed E-state index contributed by atoms with van der Waals surface area (Å²) >= 11 is 2.23. The lowest BCUT2D eigenvalue weighted by molar-refractivity contribution is -0.138. The Morgan fingerprint density at radius 2 is 1.02 bits per heavy atom. The maximum absolute atomic E-state index is 14.4. The van der Waals surface area contributed by atoms with E-state index in [2.05, 4.69) is 19.8 Å². The zero-order valence-electron chi connectivity index (χ0n) is 65.8. The Kier molecular flexibility index (Phi) is 19.6. The summed E-state index contributed by atoms with van der Waals surface area (Å²) in [5, 5.41) is 0.245. The fourth-order valence-corrected chi connectivity index (χ4v) is 12.8. The third-order valence-corrected chi connectivity index (χ3v) is 18.5. The van der Waals surface area contributed by atoms with Crippen molar-refractivity contribution in [3.05, 3.63) is 233 Å². The summed E-state index contributed by atoms with van der Waals surface area (Å²) < 4.78 is 215. The Bertz CT molecular complexity index is 4700. The zero-order chi connectivity index (χ0) is 79.4. The number of benzene rings is 6. The molecule has 0 fully saturated rings. The quantitative estimate of drug-likeness (QED) is 0.0295. The molecule has 12 nitrogen and oxygen atoms in total. The van der Waals surface area contributed by atoms with Crippen LogP contribution in [0.5, 0.6) is 0 Å². The molecule has 6 aromatic carbocycles. The highest BCUT2D eigenvalue weighted by Gasteiger charge is 2.33. The van der Waals surface area contributed by atoms with Crippen molar-refractivity contribution in [2.24, 2.45) is 5.89 Å². The molecular formula is C74H80F8N8O4S2. The summed E-state index contributed by atoms with van der Waals surface area (Å²) in [5.41, 5.74) is -1.81. The number of rotatable bonds is 26. The van der Waals surface area contributed by atoms with Gasteiger partial charge < -0.3 is 28.7 Å². The highest BCUT2D eigenvalue weighted by Crippen LogP contribution is 2.36. The number of thioether (sulfide) groups is 2. The molecule has 2 aliphatic rings. The molecule has 10 rings (SSSR count). The fraction of sp³-hybridized carbons (Fsp3) is 0.378. The number of hydrogen-bond donors (Lipinski definition) is 0. The predicted octanol–water partition coefficient (Wildman–Crippen LogP) is 15.0. The van der Waals surface area contributed by atoms with Gasteiger partial charge in [0, 0.05) is 80.1 Å². The van der Waals surface area contributed by atoms with Crippen LogP contribution < -0.4 is 11.1 Å². The lowest BCUT2D eigenvalue weighted by Gasteiger charge is -2.28. The van der Waals surface area contributed by atoms with Gasteiger partial charge in [0.2, 0.25) is 11.8 Å². The van der Waals surface area contributed by atoms with Gasteiger partial charge in [-0.2, -0.15) is 36.3 Å². The number of halogens is 8. The summed E-state index contributed by atoms with van der Waals surface area (Å²) in [4.78, 5) is 70.7. The van der Waals surface area contributed by atoms with Crippen molar-refractivity contribution >= 4 is 35.3 Å². The van der Waals surface area contributed by atoms with Crippen LogP contribution in [0.2, 0.25) is 0 Å². The lowest BCUT2D eigenvalue weighted by Crippen LogP contribution is -2.40. The van der Waals surface area contributed by atoms with E-state index in [0.717, 1.165) is 56.4 Å². The Hall–Kier alpha value is -7.92. The maximum Gasteiger partial charge on any atom is 0.416 e. The van der Waals surface area contributed by atoms with E-state index in [1.165, 1.54) is 57.6 Å². The minimum absolute atomic E-state index is 0.0478. The molecule has 0 bridgehead atoms. The summed E-state index contributed by atoms with van der Waals surface area (Å²) in [6, 6.07) is 17.4. The molecule has 8 aromatic rings. The number of alkyl halides is 6. The number of carbonyl (C=O) groups is 2. The van der Waals surface area contributed by atoms with Crippen molar-refractivity contribution in [1.29, 1.82) is 0 Å². The molecule has 96 heavy (non-hydrogen) atoms. The van der Waals surface area contributed by atoms with Crippen LogP contribution in [0.1, 0.15) is 119 Å². The van der Waals surface area contributed by atoms with Crippen molar-refractivity contribution < 1.29 is 61.2 Å². The summed E-state index contributed by atoms with van der Waals surface area (Å²) in [5.74, 6) is -3.70. The first-order chi connectivity index (χ1) is 50.7. The third kappa shape index (κ3) is 19.0. The topological polar surface area (TPSA) is 117 Å². The maximum atomic E-state index is 14.4. The van der Waals surface area contributed by atoms with E-state index < -0.39 is 148 Å². The van der Waals surface area contributed by atoms with Gasteiger partial charge >= 0.3 is 12.4 Å². The van der Waals surface area contributed by atoms with Crippen molar-refractivity contribution in [2.75, 3.05) is 52.4 Å². The smallest absolute Gasteiger partial charge is 0.336 e. The second kappa shape index (κ2) is 32.9.